The van der Waals surface area contributed by atoms with Crippen molar-refractivity contribution in [2.75, 3.05) is 0 Å². The molecule has 0 spiro atoms. The summed E-state index contributed by atoms with van der Waals surface area (Å²) in [5.41, 5.74) is 2.14. The minimum absolute atomic E-state index is 0.254. The highest BCUT2D eigenvalue weighted by Gasteiger charge is 2.06. The van der Waals surface area contributed by atoms with Gasteiger partial charge in [-0.1, -0.05) is 46.3 Å². The maximum Gasteiger partial charge on any atom is 0.120 e. The van der Waals surface area contributed by atoms with Gasteiger partial charge in [0.1, 0.15) is 5.75 Å². The minimum atomic E-state index is 0.254. The average Bonchev–Trinajstić information content (AvgIpc) is 2.40. The number of nitrogens with one attached hydrogen (secondary N) is 1. The van der Waals surface area contributed by atoms with Crippen LogP contribution in [-0.2, 0) is 6.54 Å². The molecule has 0 radical (unpaired) electrons. The van der Waals surface area contributed by atoms with Crippen LogP contribution in [0.4, 0.5) is 0 Å². The standard InChI is InChI=1S/C15H16BrNO/c1-11(12-5-3-2-4-6-12)17-10-13-9-14(16)7-8-15(13)18/h2-9,11,17-18H,10H2,1H3/t11-/m0/s1. The molecule has 0 saturated carbocycles. The molecule has 2 nitrogen and oxygen atoms in total. The van der Waals surface area contributed by atoms with E-state index in [0.717, 1.165) is 10.0 Å². The van der Waals surface area contributed by atoms with Crippen LogP contribution in [-0.4, -0.2) is 5.11 Å². The van der Waals surface area contributed by atoms with Crippen molar-refractivity contribution in [1.29, 1.82) is 0 Å². The summed E-state index contributed by atoms with van der Waals surface area (Å²) in [4.78, 5) is 0. The lowest BCUT2D eigenvalue weighted by Gasteiger charge is -2.15. The predicted molar refractivity (Wildman–Crippen MR) is 77.5 cm³/mol. The Morgan fingerprint density at radius 2 is 1.89 bits per heavy atom. The Hall–Kier alpha value is -1.32. The Labute approximate surface area is 116 Å². The molecule has 3 heteroatoms. The summed E-state index contributed by atoms with van der Waals surface area (Å²) < 4.78 is 0.976. The molecule has 0 heterocycles. The molecule has 1 atom stereocenters. The molecule has 2 aromatic rings. The molecular weight excluding hydrogens is 290 g/mol. The van der Waals surface area contributed by atoms with Crippen molar-refractivity contribution in [3.05, 3.63) is 64.1 Å². The second-order valence-corrected chi connectivity index (χ2v) is 5.20. The molecule has 2 N–H and O–H groups in total. The van der Waals surface area contributed by atoms with Gasteiger partial charge in [-0.15, -0.1) is 0 Å². The van der Waals surface area contributed by atoms with E-state index in [1.165, 1.54) is 5.56 Å². The maximum atomic E-state index is 9.76. The van der Waals surface area contributed by atoms with Crippen molar-refractivity contribution < 1.29 is 5.11 Å². The number of aromatic hydroxyl groups is 1. The summed E-state index contributed by atoms with van der Waals surface area (Å²) in [6.45, 7) is 2.76. The quantitative estimate of drug-likeness (QED) is 0.894. The summed E-state index contributed by atoms with van der Waals surface area (Å²) >= 11 is 3.41. The smallest absolute Gasteiger partial charge is 0.120 e. The molecule has 0 aliphatic heterocycles. The first-order chi connectivity index (χ1) is 8.66. The second-order valence-electron chi connectivity index (χ2n) is 4.29. The van der Waals surface area contributed by atoms with E-state index < -0.39 is 0 Å². The van der Waals surface area contributed by atoms with Gasteiger partial charge < -0.3 is 10.4 Å². The normalized spacial score (nSPS) is 12.3. The molecule has 0 aliphatic carbocycles. The highest BCUT2D eigenvalue weighted by molar-refractivity contribution is 9.10. The highest BCUT2D eigenvalue weighted by atomic mass is 79.9. The SMILES string of the molecule is C[C@H](NCc1cc(Br)ccc1O)c1ccccc1. The number of benzene rings is 2. The Balaban J connectivity index is 2.01. The molecule has 0 bridgehead atoms. The van der Waals surface area contributed by atoms with Crippen LogP contribution in [0.5, 0.6) is 5.75 Å². The van der Waals surface area contributed by atoms with Crippen LogP contribution >= 0.6 is 15.9 Å². The van der Waals surface area contributed by atoms with Gasteiger partial charge in [0, 0.05) is 22.6 Å². The minimum Gasteiger partial charge on any atom is -0.508 e. The van der Waals surface area contributed by atoms with Gasteiger partial charge in [-0.2, -0.15) is 0 Å². The number of hydrogen-bond donors (Lipinski definition) is 2. The molecule has 0 amide bonds. The van der Waals surface area contributed by atoms with Crippen molar-refractivity contribution >= 4 is 15.9 Å². The lowest BCUT2D eigenvalue weighted by Crippen LogP contribution is -2.18. The van der Waals surface area contributed by atoms with Gasteiger partial charge in [-0.25, -0.2) is 0 Å². The van der Waals surface area contributed by atoms with E-state index in [0.29, 0.717) is 12.3 Å². The van der Waals surface area contributed by atoms with Gasteiger partial charge in [-0.05, 0) is 30.7 Å². The predicted octanol–water partition coefficient (Wildman–Crippen LogP) is 4.01. The number of halogens is 1. The van der Waals surface area contributed by atoms with Crippen LogP contribution in [0.3, 0.4) is 0 Å². The third-order valence-electron chi connectivity index (χ3n) is 2.94. The van der Waals surface area contributed by atoms with Crippen molar-refractivity contribution in [3.63, 3.8) is 0 Å². The summed E-state index contributed by atoms with van der Waals surface area (Å²) in [6, 6.07) is 16.0. The Morgan fingerprint density at radius 3 is 2.61 bits per heavy atom. The lowest BCUT2D eigenvalue weighted by molar-refractivity contribution is 0.460. The van der Waals surface area contributed by atoms with E-state index in [9.17, 15) is 5.11 Å². The van der Waals surface area contributed by atoms with Gasteiger partial charge in [0.15, 0.2) is 0 Å². The molecule has 0 unspecified atom stereocenters. The first-order valence-corrected chi connectivity index (χ1v) is 6.72. The summed E-state index contributed by atoms with van der Waals surface area (Å²) in [5.74, 6) is 0.325. The molecule has 18 heavy (non-hydrogen) atoms. The Bertz CT molecular complexity index is 513. The van der Waals surface area contributed by atoms with E-state index in [4.69, 9.17) is 0 Å². The second kappa shape index (κ2) is 6.03. The zero-order valence-electron chi connectivity index (χ0n) is 10.2. The number of phenols is 1. The number of hydrogen-bond acceptors (Lipinski definition) is 2. The number of phenolic OH excluding ortho intramolecular Hbond substituents is 1. The lowest BCUT2D eigenvalue weighted by atomic mass is 10.1. The van der Waals surface area contributed by atoms with Gasteiger partial charge in [0.2, 0.25) is 0 Å². The largest absolute Gasteiger partial charge is 0.508 e. The topological polar surface area (TPSA) is 32.3 Å². The number of rotatable bonds is 4. The molecule has 0 saturated heterocycles. The van der Waals surface area contributed by atoms with E-state index >= 15 is 0 Å². The van der Waals surface area contributed by atoms with Gasteiger partial charge in [0.25, 0.3) is 0 Å². The fourth-order valence-electron chi connectivity index (χ4n) is 1.82. The zero-order chi connectivity index (χ0) is 13.0. The van der Waals surface area contributed by atoms with Crippen LogP contribution < -0.4 is 5.32 Å². The van der Waals surface area contributed by atoms with E-state index in [1.807, 2.05) is 30.3 Å². The fourth-order valence-corrected chi connectivity index (χ4v) is 2.23. The highest BCUT2D eigenvalue weighted by Crippen LogP contribution is 2.22. The van der Waals surface area contributed by atoms with Gasteiger partial charge in [-0.3, -0.25) is 0 Å². The van der Waals surface area contributed by atoms with Crippen molar-refractivity contribution in [2.24, 2.45) is 0 Å². The first-order valence-electron chi connectivity index (χ1n) is 5.92. The van der Waals surface area contributed by atoms with Crippen molar-refractivity contribution in [2.45, 2.75) is 19.5 Å². The Kier molecular flexibility index (Phi) is 4.39. The van der Waals surface area contributed by atoms with E-state index in [1.54, 1.807) is 6.07 Å². The molecule has 0 aliphatic rings. The van der Waals surface area contributed by atoms with Crippen LogP contribution in [0.1, 0.15) is 24.1 Å². The monoisotopic (exact) mass is 305 g/mol. The molecule has 0 fully saturated rings. The molecule has 94 valence electrons. The maximum absolute atomic E-state index is 9.76. The van der Waals surface area contributed by atoms with Crippen molar-refractivity contribution in [3.8, 4) is 5.75 Å². The molecule has 0 aromatic heterocycles. The summed E-state index contributed by atoms with van der Waals surface area (Å²) in [7, 11) is 0. The van der Waals surface area contributed by atoms with Gasteiger partial charge >= 0.3 is 0 Å². The van der Waals surface area contributed by atoms with Crippen LogP contribution in [0.25, 0.3) is 0 Å². The first kappa shape index (κ1) is 13.1. The average molecular weight is 306 g/mol. The van der Waals surface area contributed by atoms with Crippen LogP contribution in [0.15, 0.2) is 53.0 Å². The summed E-state index contributed by atoms with van der Waals surface area (Å²) in [6.07, 6.45) is 0. The van der Waals surface area contributed by atoms with E-state index in [2.05, 4.69) is 40.3 Å². The fraction of sp³-hybridized carbons (Fsp3) is 0.200. The molecular formula is C15H16BrNO. The third-order valence-corrected chi connectivity index (χ3v) is 3.43. The summed E-state index contributed by atoms with van der Waals surface area (Å²) in [5, 5.41) is 13.2. The van der Waals surface area contributed by atoms with Crippen LogP contribution in [0, 0.1) is 0 Å². The van der Waals surface area contributed by atoms with Gasteiger partial charge in [0.05, 0.1) is 0 Å². The van der Waals surface area contributed by atoms with E-state index in [-0.39, 0.29) is 6.04 Å². The molecule has 2 rings (SSSR count). The third kappa shape index (κ3) is 3.34. The Morgan fingerprint density at radius 1 is 1.17 bits per heavy atom. The molecule has 2 aromatic carbocycles. The van der Waals surface area contributed by atoms with Crippen molar-refractivity contribution in [1.82, 2.24) is 5.32 Å². The zero-order valence-corrected chi connectivity index (χ0v) is 11.8. The van der Waals surface area contributed by atoms with Crippen LogP contribution in [0.2, 0.25) is 0 Å².